The van der Waals surface area contributed by atoms with E-state index in [2.05, 4.69) is 30.6 Å². The lowest BCUT2D eigenvalue weighted by Crippen LogP contribution is -2.15. The minimum absolute atomic E-state index is 0.191. The molecule has 0 unspecified atom stereocenters. The smallest absolute Gasteiger partial charge is 0.360 e. The number of halogens is 3. The molecule has 3 aromatic heterocycles. The first-order valence-electron chi connectivity index (χ1n) is 7.78. The van der Waals surface area contributed by atoms with Crippen molar-refractivity contribution in [3.8, 4) is 22.5 Å². The second-order valence-corrected chi connectivity index (χ2v) is 7.97. The van der Waals surface area contributed by atoms with Crippen LogP contribution in [0.4, 0.5) is 13.2 Å². The Bertz CT molecular complexity index is 1280. The average molecular weight is 408 g/mol. The van der Waals surface area contributed by atoms with Crippen LogP contribution in [-0.4, -0.2) is 45.3 Å². The number of sulfone groups is 1. The van der Waals surface area contributed by atoms with E-state index in [9.17, 15) is 21.6 Å². The van der Waals surface area contributed by atoms with Gasteiger partial charge in [0.05, 0.1) is 21.5 Å². The van der Waals surface area contributed by atoms with Gasteiger partial charge in [-0.2, -0.15) is 13.2 Å². The van der Waals surface area contributed by atoms with Crippen molar-refractivity contribution in [1.29, 1.82) is 0 Å². The number of nitrogens with zero attached hydrogens (tertiary/aromatic N) is 4. The molecule has 0 aliphatic carbocycles. The number of aromatic nitrogens is 6. The predicted molar refractivity (Wildman–Crippen MR) is 92.8 cm³/mol. The standard InChI is InChI=1S/C16H11F3N6O2S/c1-28(26,27)14-10(16(17,18)19)3-2-9(13(14)15-22-24-25-23-15)8-6-12-11(21-7-8)4-5-20-12/h2-7,20H,1H3,(H,22,23,24,25). The minimum Gasteiger partial charge on any atom is -0.360 e. The zero-order chi connectivity index (χ0) is 20.1. The molecule has 8 nitrogen and oxygen atoms in total. The molecule has 12 heteroatoms. The van der Waals surface area contributed by atoms with Gasteiger partial charge in [0.15, 0.2) is 15.7 Å². The molecule has 0 bridgehead atoms. The molecule has 0 spiro atoms. The van der Waals surface area contributed by atoms with E-state index < -0.39 is 26.5 Å². The number of H-pyrrole nitrogens is 2. The fourth-order valence-corrected chi connectivity index (χ4v) is 4.17. The lowest BCUT2D eigenvalue weighted by Gasteiger charge is -2.18. The molecule has 0 aliphatic rings. The van der Waals surface area contributed by atoms with Gasteiger partial charge in [-0.15, -0.1) is 5.10 Å². The molecular formula is C16H11F3N6O2S. The summed E-state index contributed by atoms with van der Waals surface area (Å²) >= 11 is 0. The van der Waals surface area contributed by atoms with Gasteiger partial charge in [0.25, 0.3) is 0 Å². The molecule has 1 aromatic carbocycles. The largest absolute Gasteiger partial charge is 0.417 e. The van der Waals surface area contributed by atoms with Crippen molar-refractivity contribution in [3.63, 3.8) is 0 Å². The Morgan fingerprint density at radius 2 is 1.93 bits per heavy atom. The molecule has 4 rings (SSSR count). The van der Waals surface area contributed by atoms with Crippen LogP contribution < -0.4 is 0 Å². The third kappa shape index (κ3) is 3.01. The number of hydrogen-bond acceptors (Lipinski definition) is 6. The van der Waals surface area contributed by atoms with E-state index in [1.807, 2.05) is 0 Å². The molecular weight excluding hydrogens is 397 g/mol. The first-order valence-corrected chi connectivity index (χ1v) is 9.67. The van der Waals surface area contributed by atoms with Crippen molar-refractivity contribution in [3.05, 3.63) is 42.2 Å². The van der Waals surface area contributed by atoms with Gasteiger partial charge in [-0.25, -0.2) is 13.5 Å². The van der Waals surface area contributed by atoms with Crippen molar-refractivity contribution in [2.24, 2.45) is 0 Å². The molecule has 144 valence electrons. The summed E-state index contributed by atoms with van der Waals surface area (Å²) in [6, 6.07) is 5.30. The number of benzene rings is 1. The highest BCUT2D eigenvalue weighted by Gasteiger charge is 2.39. The fraction of sp³-hybridized carbons (Fsp3) is 0.125. The molecule has 0 saturated carbocycles. The van der Waals surface area contributed by atoms with Gasteiger partial charge in [-0.3, -0.25) is 4.98 Å². The van der Waals surface area contributed by atoms with E-state index in [1.165, 1.54) is 12.3 Å². The molecule has 0 fully saturated rings. The zero-order valence-electron chi connectivity index (χ0n) is 14.1. The van der Waals surface area contributed by atoms with E-state index in [-0.39, 0.29) is 17.0 Å². The van der Waals surface area contributed by atoms with Crippen LogP contribution in [0.15, 0.2) is 41.6 Å². The van der Waals surface area contributed by atoms with Crippen LogP contribution in [0.25, 0.3) is 33.5 Å². The van der Waals surface area contributed by atoms with E-state index in [4.69, 9.17) is 0 Å². The molecule has 0 aliphatic heterocycles. The summed E-state index contributed by atoms with van der Waals surface area (Å²) in [6.07, 6.45) is -1.07. The fourth-order valence-electron chi connectivity index (χ4n) is 3.01. The summed E-state index contributed by atoms with van der Waals surface area (Å²) in [5, 5.41) is 12.7. The normalized spacial score (nSPS) is 12.6. The maximum Gasteiger partial charge on any atom is 0.417 e. The Morgan fingerprint density at radius 1 is 1.14 bits per heavy atom. The third-order valence-electron chi connectivity index (χ3n) is 4.13. The van der Waals surface area contributed by atoms with Crippen LogP contribution in [0.2, 0.25) is 0 Å². The number of alkyl halides is 3. The number of hydrogen-bond donors (Lipinski definition) is 2. The Morgan fingerprint density at radius 3 is 2.57 bits per heavy atom. The van der Waals surface area contributed by atoms with Gasteiger partial charge in [-0.05, 0) is 34.2 Å². The van der Waals surface area contributed by atoms with Crippen molar-refractivity contribution in [2.45, 2.75) is 11.1 Å². The number of fused-ring (bicyclic) bond motifs is 1. The topological polar surface area (TPSA) is 117 Å². The number of aromatic amines is 2. The van der Waals surface area contributed by atoms with E-state index in [0.29, 0.717) is 22.9 Å². The number of tetrazole rings is 1. The molecule has 0 saturated heterocycles. The van der Waals surface area contributed by atoms with Gasteiger partial charge >= 0.3 is 6.18 Å². The summed E-state index contributed by atoms with van der Waals surface area (Å²) in [5.41, 5.74) is 0.326. The Labute approximate surface area is 155 Å². The predicted octanol–water partition coefficient (Wildman–Crippen LogP) is 2.83. The van der Waals surface area contributed by atoms with Gasteiger partial charge in [0.1, 0.15) is 0 Å². The molecule has 0 amide bonds. The van der Waals surface area contributed by atoms with Crippen molar-refractivity contribution in [1.82, 2.24) is 30.6 Å². The van der Waals surface area contributed by atoms with E-state index in [1.54, 1.807) is 18.3 Å². The molecule has 0 atom stereocenters. The summed E-state index contributed by atoms with van der Waals surface area (Å²) in [5.74, 6) is -0.201. The van der Waals surface area contributed by atoms with Crippen LogP contribution in [-0.2, 0) is 16.0 Å². The highest BCUT2D eigenvalue weighted by atomic mass is 32.2. The SMILES string of the molecule is CS(=O)(=O)c1c(C(F)(F)F)ccc(-c2cnc3cc[nH]c3c2)c1-c1nnn[nH]1. The average Bonchev–Trinajstić information content (AvgIpc) is 3.29. The van der Waals surface area contributed by atoms with Gasteiger partial charge in [0.2, 0.25) is 0 Å². The van der Waals surface area contributed by atoms with E-state index in [0.717, 1.165) is 6.07 Å². The minimum atomic E-state index is -4.89. The summed E-state index contributed by atoms with van der Waals surface area (Å²) in [6.45, 7) is 0. The molecule has 0 radical (unpaired) electrons. The lowest BCUT2D eigenvalue weighted by atomic mass is 9.97. The maximum atomic E-state index is 13.6. The summed E-state index contributed by atoms with van der Waals surface area (Å²) < 4.78 is 65.4. The van der Waals surface area contributed by atoms with Gasteiger partial charge < -0.3 is 4.98 Å². The van der Waals surface area contributed by atoms with Crippen LogP contribution >= 0.6 is 0 Å². The Balaban J connectivity index is 2.12. The van der Waals surface area contributed by atoms with Gasteiger partial charge in [0, 0.05) is 29.8 Å². The number of nitrogens with one attached hydrogen (secondary N) is 2. The third-order valence-corrected chi connectivity index (χ3v) is 5.29. The van der Waals surface area contributed by atoms with Crippen LogP contribution in [0.5, 0.6) is 0 Å². The van der Waals surface area contributed by atoms with Crippen molar-refractivity contribution in [2.75, 3.05) is 6.26 Å². The zero-order valence-corrected chi connectivity index (χ0v) is 14.9. The second-order valence-electron chi connectivity index (χ2n) is 6.02. The molecule has 3 heterocycles. The quantitative estimate of drug-likeness (QED) is 0.538. The molecule has 2 N–H and O–H groups in total. The Hall–Kier alpha value is -3.28. The lowest BCUT2D eigenvalue weighted by molar-refractivity contribution is -0.139. The Kier molecular flexibility index (Phi) is 3.96. The monoisotopic (exact) mass is 408 g/mol. The first-order chi connectivity index (χ1) is 13.2. The molecule has 4 aromatic rings. The first kappa shape index (κ1) is 18.1. The van der Waals surface area contributed by atoms with E-state index >= 15 is 0 Å². The number of pyridine rings is 1. The summed E-state index contributed by atoms with van der Waals surface area (Å²) in [7, 11) is -4.30. The molecule has 28 heavy (non-hydrogen) atoms. The van der Waals surface area contributed by atoms with Gasteiger partial charge in [-0.1, -0.05) is 6.07 Å². The van der Waals surface area contributed by atoms with Crippen LogP contribution in [0.1, 0.15) is 5.56 Å². The van der Waals surface area contributed by atoms with Crippen LogP contribution in [0, 0.1) is 0 Å². The summed E-state index contributed by atoms with van der Waals surface area (Å²) in [4.78, 5) is 6.29. The van der Waals surface area contributed by atoms with Crippen LogP contribution in [0.3, 0.4) is 0 Å². The van der Waals surface area contributed by atoms with Crippen molar-refractivity contribution < 1.29 is 21.6 Å². The van der Waals surface area contributed by atoms with Crippen molar-refractivity contribution >= 4 is 20.9 Å². The highest BCUT2D eigenvalue weighted by molar-refractivity contribution is 7.91. The second kappa shape index (κ2) is 6.12. The highest BCUT2D eigenvalue weighted by Crippen LogP contribution is 2.43. The maximum absolute atomic E-state index is 13.6. The number of rotatable bonds is 3.